The van der Waals surface area contributed by atoms with Gasteiger partial charge in [-0.3, -0.25) is 9.69 Å². The first-order chi connectivity index (χ1) is 11.0. The van der Waals surface area contributed by atoms with Crippen LogP contribution >= 0.6 is 0 Å². The number of hydrogen-bond acceptors (Lipinski definition) is 4. The van der Waals surface area contributed by atoms with E-state index in [1.54, 1.807) is 12.1 Å². The van der Waals surface area contributed by atoms with Crippen LogP contribution in [0.25, 0.3) is 0 Å². The van der Waals surface area contributed by atoms with Crippen molar-refractivity contribution in [2.75, 3.05) is 44.6 Å². The van der Waals surface area contributed by atoms with Crippen molar-refractivity contribution in [1.82, 2.24) is 15.5 Å². The van der Waals surface area contributed by atoms with E-state index >= 15 is 0 Å². The molecule has 8 heteroatoms. The summed E-state index contributed by atoms with van der Waals surface area (Å²) in [6, 6.07) is 7.38. The van der Waals surface area contributed by atoms with Crippen LogP contribution in [-0.2, 0) is 4.79 Å². The number of alkyl halides is 3. The monoisotopic (exact) mass is 330 g/mol. The Morgan fingerprint density at radius 1 is 1.22 bits per heavy atom. The molecule has 1 unspecified atom stereocenters. The van der Waals surface area contributed by atoms with Gasteiger partial charge in [-0.1, -0.05) is 18.2 Å². The minimum absolute atomic E-state index is 0.0594. The number of nitrogens with one attached hydrogen (secondary N) is 3. The lowest BCUT2D eigenvalue weighted by Gasteiger charge is -2.35. The Morgan fingerprint density at radius 3 is 2.48 bits per heavy atom. The van der Waals surface area contributed by atoms with Crippen LogP contribution in [0.1, 0.15) is 0 Å². The molecule has 1 aromatic rings. The minimum Gasteiger partial charge on any atom is -0.376 e. The second kappa shape index (κ2) is 8.16. The van der Waals surface area contributed by atoms with Crippen molar-refractivity contribution in [2.24, 2.45) is 0 Å². The number of hydrogen-bond donors (Lipinski definition) is 3. The molecule has 23 heavy (non-hydrogen) atoms. The quantitative estimate of drug-likeness (QED) is 0.730. The van der Waals surface area contributed by atoms with Crippen LogP contribution in [-0.4, -0.2) is 62.3 Å². The van der Waals surface area contributed by atoms with E-state index in [2.05, 4.69) is 16.0 Å². The number of carbonyl (C=O) groups is 1. The molecule has 0 radical (unpaired) electrons. The fraction of sp³-hybridized carbons (Fsp3) is 0.533. The Morgan fingerprint density at radius 2 is 1.87 bits per heavy atom. The zero-order chi connectivity index (χ0) is 16.7. The van der Waals surface area contributed by atoms with E-state index in [1.807, 2.05) is 18.2 Å². The van der Waals surface area contributed by atoms with Gasteiger partial charge in [0.1, 0.15) is 6.04 Å². The van der Waals surface area contributed by atoms with Crippen molar-refractivity contribution in [2.45, 2.75) is 12.2 Å². The van der Waals surface area contributed by atoms with Gasteiger partial charge >= 0.3 is 6.18 Å². The SMILES string of the molecule is O=C(CNc1ccccc1)NCC(N1CCNCC1)C(F)(F)F. The van der Waals surface area contributed by atoms with E-state index in [1.165, 1.54) is 4.90 Å². The molecule has 1 fully saturated rings. The van der Waals surface area contributed by atoms with Crippen LogP contribution < -0.4 is 16.0 Å². The maximum atomic E-state index is 13.2. The van der Waals surface area contributed by atoms with Crippen molar-refractivity contribution in [3.05, 3.63) is 30.3 Å². The van der Waals surface area contributed by atoms with Gasteiger partial charge in [-0.2, -0.15) is 13.2 Å². The standard InChI is InChI=1S/C15H21F3N4O/c16-15(17,18)13(22-8-6-19-7-9-22)10-21-14(23)11-20-12-4-2-1-3-5-12/h1-5,13,19-20H,6-11H2,(H,21,23). The molecule has 1 saturated heterocycles. The molecule has 1 aliphatic heterocycles. The normalized spacial score (nSPS) is 17.5. The Kier molecular flexibility index (Phi) is 6.23. The van der Waals surface area contributed by atoms with Gasteiger partial charge in [-0.15, -0.1) is 0 Å². The summed E-state index contributed by atoms with van der Waals surface area (Å²) in [4.78, 5) is 13.1. The molecule has 1 aliphatic rings. The Bertz CT molecular complexity index is 489. The second-order valence-electron chi connectivity index (χ2n) is 5.37. The largest absolute Gasteiger partial charge is 0.405 e. The van der Waals surface area contributed by atoms with Gasteiger partial charge in [0.15, 0.2) is 0 Å². The molecule has 1 aromatic carbocycles. The maximum Gasteiger partial charge on any atom is 0.405 e. The van der Waals surface area contributed by atoms with Crippen molar-refractivity contribution < 1.29 is 18.0 Å². The van der Waals surface area contributed by atoms with Gasteiger partial charge in [-0.05, 0) is 12.1 Å². The predicted molar refractivity (Wildman–Crippen MR) is 82.2 cm³/mol. The highest BCUT2D eigenvalue weighted by molar-refractivity contribution is 5.80. The Balaban J connectivity index is 1.81. The zero-order valence-corrected chi connectivity index (χ0v) is 12.7. The number of nitrogens with zero attached hydrogens (tertiary/aromatic N) is 1. The van der Waals surface area contributed by atoms with Crippen LogP contribution in [0.15, 0.2) is 30.3 Å². The van der Waals surface area contributed by atoms with E-state index in [4.69, 9.17) is 0 Å². The fourth-order valence-electron chi connectivity index (χ4n) is 2.46. The van der Waals surface area contributed by atoms with E-state index in [0.29, 0.717) is 26.2 Å². The lowest BCUT2D eigenvalue weighted by molar-refractivity contribution is -0.183. The van der Waals surface area contributed by atoms with Crippen LogP contribution in [0.2, 0.25) is 0 Å². The number of piperazine rings is 1. The summed E-state index contributed by atoms with van der Waals surface area (Å²) in [6.07, 6.45) is -4.36. The number of amides is 1. The van der Waals surface area contributed by atoms with E-state index in [-0.39, 0.29) is 6.54 Å². The van der Waals surface area contributed by atoms with Crippen molar-refractivity contribution in [1.29, 1.82) is 0 Å². The summed E-state index contributed by atoms with van der Waals surface area (Å²) in [5.74, 6) is -0.460. The first kappa shape index (κ1) is 17.6. The van der Waals surface area contributed by atoms with Gasteiger partial charge in [0, 0.05) is 38.4 Å². The molecule has 5 nitrogen and oxygen atoms in total. The third-order valence-corrected chi connectivity index (χ3v) is 3.69. The summed E-state index contributed by atoms with van der Waals surface area (Å²) in [5, 5.41) is 8.26. The number of carbonyl (C=O) groups excluding carboxylic acids is 1. The summed E-state index contributed by atoms with van der Waals surface area (Å²) < 4.78 is 39.5. The molecule has 0 aliphatic carbocycles. The van der Waals surface area contributed by atoms with Gasteiger partial charge in [0.25, 0.3) is 0 Å². The minimum atomic E-state index is -4.36. The third kappa shape index (κ3) is 5.72. The maximum absolute atomic E-state index is 13.2. The Labute approximate surface area is 133 Å². The number of rotatable bonds is 6. The van der Waals surface area contributed by atoms with Crippen molar-refractivity contribution in [3.63, 3.8) is 0 Å². The van der Waals surface area contributed by atoms with Crippen LogP contribution in [0.4, 0.5) is 18.9 Å². The topological polar surface area (TPSA) is 56.4 Å². The first-order valence-electron chi connectivity index (χ1n) is 7.54. The molecule has 0 aromatic heterocycles. The average Bonchev–Trinajstić information content (AvgIpc) is 2.54. The lowest BCUT2D eigenvalue weighted by atomic mass is 10.2. The molecule has 128 valence electrons. The highest BCUT2D eigenvalue weighted by Crippen LogP contribution is 2.24. The van der Waals surface area contributed by atoms with Crippen LogP contribution in [0.3, 0.4) is 0 Å². The van der Waals surface area contributed by atoms with Crippen LogP contribution in [0, 0.1) is 0 Å². The molecule has 0 saturated carbocycles. The average molecular weight is 330 g/mol. The number of halogens is 3. The van der Waals surface area contributed by atoms with E-state index in [0.717, 1.165) is 5.69 Å². The fourth-order valence-corrected chi connectivity index (χ4v) is 2.46. The van der Waals surface area contributed by atoms with Gasteiger partial charge in [-0.25, -0.2) is 0 Å². The molecule has 1 atom stereocenters. The third-order valence-electron chi connectivity index (χ3n) is 3.69. The molecule has 2 rings (SSSR count). The van der Waals surface area contributed by atoms with Gasteiger partial charge < -0.3 is 16.0 Å². The highest BCUT2D eigenvalue weighted by Gasteiger charge is 2.43. The van der Waals surface area contributed by atoms with Crippen molar-refractivity contribution in [3.8, 4) is 0 Å². The predicted octanol–water partition coefficient (Wildman–Crippen LogP) is 1.05. The number of benzene rings is 1. The summed E-state index contributed by atoms with van der Waals surface area (Å²) in [6.45, 7) is 1.20. The second-order valence-corrected chi connectivity index (χ2v) is 5.37. The number of anilines is 1. The molecule has 0 bridgehead atoms. The lowest BCUT2D eigenvalue weighted by Crippen LogP contribution is -2.57. The molecule has 0 spiro atoms. The van der Waals surface area contributed by atoms with E-state index in [9.17, 15) is 18.0 Å². The molecule has 1 amide bonds. The van der Waals surface area contributed by atoms with Crippen molar-refractivity contribution >= 4 is 11.6 Å². The van der Waals surface area contributed by atoms with Crippen LogP contribution in [0.5, 0.6) is 0 Å². The Hall–Kier alpha value is -1.80. The molecular weight excluding hydrogens is 309 g/mol. The number of para-hydroxylation sites is 1. The highest BCUT2D eigenvalue weighted by atomic mass is 19.4. The smallest absolute Gasteiger partial charge is 0.376 e. The molecular formula is C15H21F3N4O. The summed E-state index contributed by atoms with van der Waals surface area (Å²) in [5.41, 5.74) is 0.747. The zero-order valence-electron chi connectivity index (χ0n) is 12.7. The molecule has 3 N–H and O–H groups in total. The first-order valence-corrected chi connectivity index (χ1v) is 7.54. The summed E-state index contributed by atoms with van der Waals surface area (Å²) >= 11 is 0. The van der Waals surface area contributed by atoms with E-state index < -0.39 is 24.7 Å². The molecule has 1 heterocycles. The van der Waals surface area contributed by atoms with Gasteiger partial charge in [0.05, 0.1) is 6.54 Å². The van der Waals surface area contributed by atoms with Gasteiger partial charge in [0.2, 0.25) is 5.91 Å². The summed E-state index contributed by atoms with van der Waals surface area (Å²) in [7, 11) is 0.